The van der Waals surface area contributed by atoms with Crippen LogP contribution in [0.3, 0.4) is 0 Å². The normalized spacial score (nSPS) is 10.0. The zero-order valence-corrected chi connectivity index (χ0v) is 9.94. The fraction of sp³-hybridized carbons (Fsp3) is 0.0769. The smallest absolute Gasteiger partial charge is 0.196 e. The lowest BCUT2D eigenvalue weighted by Crippen LogP contribution is -2.02. The molecule has 0 unspecified atom stereocenters. The second-order valence-corrected chi connectivity index (χ2v) is 3.76. The summed E-state index contributed by atoms with van der Waals surface area (Å²) in [5.74, 6) is 0.560. The first kappa shape index (κ1) is 11.6. The Hall–Kier alpha value is -1.87. The third kappa shape index (κ3) is 2.45. The van der Waals surface area contributed by atoms with Gasteiger partial charge in [0, 0.05) is 11.8 Å². The Morgan fingerprint density at radius 2 is 1.94 bits per heavy atom. The summed E-state index contributed by atoms with van der Waals surface area (Å²) in [6, 6.07) is 10.2. The molecule has 17 heavy (non-hydrogen) atoms. The van der Waals surface area contributed by atoms with Crippen LogP contribution in [0.2, 0.25) is 5.15 Å². The Labute approximate surface area is 104 Å². The van der Waals surface area contributed by atoms with E-state index in [-0.39, 0.29) is 10.9 Å². The van der Waals surface area contributed by atoms with E-state index in [0.29, 0.717) is 16.9 Å². The monoisotopic (exact) mass is 247 g/mol. The van der Waals surface area contributed by atoms with Crippen LogP contribution in [-0.4, -0.2) is 17.9 Å². The third-order valence-electron chi connectivity index (χ3n) is 2.36. The van der Waals surface area contributed by atoms with Crippen molar-refractivity contribution in [2.45, 2.75) is 0 Å². The highest BCUT2D eigenvalue weighted by molar-refractivity contribution is 6.33. The van der Waals surface area contributed by atoms with Gasteiger partial charge in [-0.1, -0.05) is 11.6 Å². The Morgan fingerprint density at radius 3 is 2.53 bits per heavy atom. The molecular weight excluding hydrogens is 238 g/mol. The summed E-state index contributed by atoms with van der Waals surface area (Å²) in [6.07, 6.45) is 1.55. The topological polar surface area (TPSA) is 39.2 Å². The quantitative estimate of drug-likeness (QED) is 0.618. The lowest BCUT2D eigenvalue weighted by Gasteiger charge is -2.04. The molecule has 1 heterocycles. The summed E-state index contributed by atoms with van der Waals surface area (Å²) in [7, 11) is 1.58. The van der Waals surface area contributed by atoms with Gasteiger partial charge in [-0.2, -0.15) is 0 Å². The number of carbonyl (C=O) groups is 1. The summed E-state index contributed by atoms with van der Waals surface area (Å²) >= 11 is 5.87. The lowest BCUT2D eigenvalue weighted by atomic mass is 10.1. The van der Waals surface area contributed by atoms with Gasteiger partial charge in [0.2, 0.25) is 0 Å². The zero-order valence-electron chi connectivity index (χ0n) is 9.18. The second kappa shape index (κ2) is 4.97. The molecule has 3 nitrogen and oxygen atoms in total. The maximum Gasteiger partial charge on any atom is 0.196 e. The second-order valence-electron chi connectivity index (χ2n) is 3.40. The number of hydrogen-bond acceptors (Lipinski definition) is 3. The fourth-order valence-electron chi connectivity index (χ4n) is 1.45. The standard InChI is InChI=1S/C13H10ClNO2/c1-17-10-6-4-9(5-7-10)12(16)11-3-2-8-15-13(11)14/h2-8H,1H3. The highest BCUT2D eigenvalue weighted by atomic mass is 35.5. The molecule has 0 aliphatic carbocycles. The molecule has 1 aromatic heterocycles. The summed E-state index contributed by atoms with van der Waals surface area (Å²) in [5, 5.41) is 0.216. The van der Waals surface area contributed by atoms with Gasteiger partial charge in [0.25, 0.3) is 0 Å². The molecule has 0 atom stereocenters. The average Bonchev–Trinajstić information content (AvgIpc) is 2.39. The molecule has 0 spiro atoms. The van der Waals surface area contributed by atoms with Crippen LogP contribution in [0, 0.1) is 0 Å². The van der Waals surface area contributed by atoms with Crippen LogP contribution in [0.1, 0.15) is 15.9 Å². The lowest BCUT2D eigenvalue weighted by molar-refractivity contribution is 0.103. The number of nitrogens with zero attached hydrogens (tertiary/aromatic N) is 1. The van der Waals surface area contributed by atoms with Gasteiger partial charge in [0.15, 0.2) is 5.78 Å². The number of rotatable bonds is 3. The zero-order chi connectivity index (χ0) is 12.3. The van der Waals surface area contributed by atoms with Crippen LogP contribution >= 0.6 is 11.6 Å². The van der Waals surface area contributed by atoms with Crippen molar-refractivity contribution in [3.8, 4) is 5.75 Å². The molecule has 0 radical (unpaired) electrons. The number of halogens is 1. The van der Waals surface area contributed by atoms with E-state index in [9.17, 15) is 4.79 Å². The van der Waals surface area contributed by atoms with Crippen LogP contribution in [-0.2, 0) is 0 Å². The van der Waals surface area contributed by atoms with E-state index in [4.69, 9.17) is 16.3 Å². The van der Waals surface area contributed by atoms with Crippen LogP contribution in [0.4, 0.5) is 0 Å². The van der Waals surface area contributed by atoms with Crippen molar-refractivity contribution < 1.29 is 9.53 Å². The highest BCUT2D eigenvalue weighted by Gasteiger charge is 2.12. The molecule has 0 saturated heterocycles. The van der Waals surface area contributed by atoms with Gasteiger partial charge in [-0.15, -0.1) is 0 Å². The van der Waals surface area contributed by atoms with E-state index in [1.807, 2.05) is 0 Å². The molecule has 0 saturated carbocycles. The van der Waals surface area contributed by atoms with Gasteiger partial charge in [-0.25, -0.2) is 4.98 Å². The number of pyridine rings is 1. The Kier molecular flexibility index (Phi) is 3.40. The van der Waals surface area contributed by atoms with E-state index in [0.717, 1.165) is 0 Å². The number of ether oxygens (including phenoxy) is 1. The fourth-order valence-corrected chi connectivity index (χ4v) is 1.66. The maximum atomic E-state index is 12.1. The van der Waals surface area contributed by atoms with Crippen molar-refractivity contribution in [1.29, 1.82) is 0 Å². The van der Waals surface area contributed by atoms with Crippen molar-refractivity contribution in [1.82, 2.24) is 4.98 Å². The molecule has 0 aliphatic heterocycles. The molecular formula is C13H10ClNO2. The summed E-state index contributed by atoms with van der Waals surface area (Å²) < 4.78 is 5.03. The van der Waals surface area contributed by atoms with E-state index >= 15 is 0 Å². The van der Waals surface area contributed by atoms with Crippen LogP contribution in [0.5, 0.6) is 5.75 Å². The average molecular weight is 248 g/mol. The number of hydrogen-bond donors (Lipinski definition) is 0. The highest BCUT2D eigenvalue weighted by Crippen LogP contribution is 2.18. The predicted molar refractivity (Wildman–Crippen MR) is 65.7 cm³/mol. The molecule has 0 bridgehead atoms. The first-order valence-electron chi connectivity index (χ1n) is 5.01. The molecule has 86 valence electrons. The van der Waals surface area contributed by atoms with Gasteiger partial charge in [-0.05, 0) is 36.4 Å². The Balaban J connectivity index is 2.34. The third-order valence-corrected chi connectivity index (χ3v) is 2.66. The van der Waals surface area contributed by atoms with Crippen LogP contribution in [0.25, 0.3) is 0 Å². The van der Waals surface area contributed by atoms with E-state index in [1.165, 1.54) is 0 Å². The Morgan fingerprint density at radius 1 is 1.24 bits per heavy atom. The minimum atomic E-state index is -0.147. The maximum absolute atomic E-state index is 12.1. The van der Waals surface area contributed by atoms with Crippen molar-refractivity contribution >= 4 is 17.4 Å². The minimum Gasteiger partial charge on any atom is -0.497 e. The Bertz CT molecular complexity index is 537. The van der Waals surface area contributed by atoms with Gasteiger partial charge < -0.3 is 4.74 Å². The number of aromatic nitrogens is 1. The number of ketones is 1. The van der Waals surface area contributed by atoms with Gasteiger partial charge in [0.1, 0.15) is 10.9 Å². The van der Waals surface area contributed by atoms with Crippen molar-refractivity contribution in [3.63, 3.8) is 0 Å². The van der Waals surface area contributed by atoms with E-state index < -0.39 is 0 Å². The molecule has 4 heteroatoms. The van der Waals surface area contributed by atoms with Crippen LogP contribution < -0.4 is 4.74 Å². The predicted octanol–water partition coefficient (Wildman–Crippen LogP) is 2.97. The van der Waals surface area contributed by atoms with Crippen molar-refractivity contribution in [2.24, 2.45) is 0 Å². The van der Waals surface area contributed by atoms with E-state index in [1.54, 1.807) is 49.7 Å². The molecule has 2 aromatic rings. The number of methoxy groups -OCH3 is 1. The largest absolute Gasteiger partial charge is 0.497 e. The first-order valence-corrected chi connectivity index (χ1v) is 5.39. The minimum absolute atomic E-state index is 0.147. The summed E-state index contributed by atoms with van der Waals surface area (Å²) in [6.45, 7) is 0. The summed E-state index contributed by atoms with van der Waals surface area (Å²) in [5.41, 5.74) is 0.958. The molecule has 0 fully saturated rings. The first-order chi connectivity index (χ1) is 8.22. The molecule has 1 aromatic carbocycles. The molecule has 0 N–H and O–H groups in total. The van der Waals surface area contributed by atoms with Gasteiger partial charge in [-0.3, -0.25) is 4.79 Å². The number of benzene rings is 1. The van der Waals surface area contributed by atoms with E-state index in [2.05, 4.69) is 4.98 Å². The van der Waals surface area contributed by atoms with Crippen molar-refractivity contribution in [3.05, 3.63) is 58.9 Å². The summed E-state index contributed by atoms with van der Waals surface area (Å²) in [4.78, 5) is 16.0. The van der Waals surface area contributed by atoms with Crippen molar-refractivity contribution in [2.75, 3.05) is 7.11 Å². The van der Waals surface area contributed by atoms with Gasteiger partial charge in [0.05, 0.1) is 12.7 Å². The molecule has 2 rings (SSSR count). The number of carbonyl (C=O) groups excluding carboxylic acids is 1. The van der Waals surface area contributed by atoms with Gasteiger partial charge >= 0.3 is 0 Å². The molecule has 0 amide bonds. The van der Waals surface area contributed by atoms with Crippen LogP contribution in [0.15, 0.2) is 42.6 Å². The SMILES string of the molecule is COc1ccc(C(=O)c2cccnc2Cl)cc1. The molecule has 0 aliphatic rings.